The summed E-state index contributed by atoms with van der Waals surface area (Å²) in [6, 6.07) is 3.51. The van der Waals surface area contributed by atoms with E-state index in [-0.39, 0.29) is 5.69 Å². The quantitative estimate of drug-likeness (QED) is 0.161. The zero-order valence-corrected chi connectivity index (χ0v) is 37.8. The van der Waals surface area contributed by atoms with Crippen LogP contribution in [0.4, 0.5) is 17.1 Å². The van der Waals surface area contributed by atoms with Gasteiger partial charge in [0, 0.05) is 30.7 Å². The van der Waals surface area contributed by atoms with Crippen molar-refractivity contribution in [3.63, 3.8) is 0 Å². The van der Waals surface area contributed by atoms with Crippen molar-refractivity contribution < 1.29 is 43.9 Å². The van der Waals surface area contributed by atoms with E-state index in [1.807, 2.05) is 78.9 Å². The molecule has 12 aromatic carbocycles. The molecule has 0 aliphatic heterocycles. The highest BCUT2D eigenvalue weighted by atomic mass is 15.1. The van der Waals surface area contributed by atoms with Gasteiger partial charge in [0.2, 0.25) is 0 Å². The van der Waals surface area contributed by atoms with E-state index in [4.69, 9.17) is 17.8 Å². The van der Waals surface area contributed by atoms with Crippen LogP contribution in [0, 0.1) is 0 Å². The number of nitrogens with zero attached hydrogens (tertiary/aromatic N) is 1. The summed E-state index contributed by atoms with van der Waals surface area (Å²) in [6.07, 6.45) is 0. The summed E-state index contributed by atoms with van der Waals surface area (Å²) in [5.41, 5.74) is -17.6. The maximum atomic E-state index is 11.0. The maximum absolute atomic E-state index is 11.0. The normalized spacial score (nSPS) is 20.4. The van der Waals surface area contributed by atoms with Crippen molar-refractivity contribution in [2.45, 2.75) is 24.5 Å². The summed E-state index contributed by atoms with van der Waals surface area (Å²) in [5.74, 6) is 0. The van der Waals surface area contributed by atoms with Crippen molar-refractivity contribution in [3.05, 3.63) is 294 Å². The Balaban J connectivity index is 1.10. The Morgan fingerprint density at radius 3 is 1.60 bits per heavy atom. The zero-order valence-electron chi connectivity index (χ0n) is 69.8. The number of fused-ring (bicyclic) bond motifs is 15. The summed E-state index contributed by atoms with van der Waals surface area (Å²) in [7, 11) is 0. The maximum Gasteiger partial charge on any atom is 0.0726 e. The van der Waals surface area contributed by atoms with E-state index in [0.717, 1.165) is 37.6 Å². The first kappa shape index (κ1) is 21.0. The van der Waals surface area contributed by atoms with Crippen molar-refractivity contribution >= 4 is 38.6 Å². The van der Waals surface area contributed by atoms with Gasteiger partial charge >= 0.3 is 0 Å². The van der Waals surface area contributed by atoms with E-state index in [1.165, 1.54) is 12.1 Å². The molecule has 73 heavy (non-hydrogen) atoms. The SMILES string of the molecule is [2H]c1c([2H])c([2H])c2c(c1[2H])-c1c([2H])c([2H])c([2H])c([2H])c1C21c2c([2H])c([2H])c([2H])c([2H])c2-c2c([2H])c([2H])c(N(c3ccc(-c4ccc5ccccc5c4-c4ccc5ccccc5c4)cc3)c3c([2H])c([2H])c([2H])c(-c4c([2H])c([2H])c5c(c4[2H])C(C([2H])([2H])[2H])(C([2H])([2H])[2H])c4c([2H])c([2H])c([2H])c([2H])c4-5)c3[2H])c([2H])c21. The standard InChI is InChI=1S/C72H49N/c1-71(2)64-26-11-7-22-58(64)62-40-35-51(44-68(62)71)50-19-15-20-54(43-50)73(53-36-32-48(33-37-53)57-39-34-47-17-5-6-21-56(47)70(57)52-31-30-46-16-3-4-18-49(46)42-52)55-38-41-63-61-25-10-14-29-67(61)72(69(63)45-55)65-27-12-8-23-59(65)60-24-9-13-28-66(60)72/h3-45H,1-2H3/i1D3,2D3,7D,8D,9D,10D,11D,12D,13D,14D,15D,19D,20D,22D,23D,24D,25D,26D,27D,28D,29D,35D,38D,40D,41D,43D,44D,45D. The van der Waals surface area contributed by atoms with Crippen molar-refractivity contribution in [2.75, 3.05) is 4.90 Å². The summed E-state index contributed by atoms with van der Waals surface area (Å²) in [5, 5.41) is 3.51. The summed E-state index contributed by atoms with van der Waals surface area (Å²) in [6.45, 7) is -7.86. The highest BCUT2D eigenvalue weighted by molar-refractivity contribution is 6.06. The molecular formula is C72H49N. The van der Waals surface area contributed by atoms with Crippen LogP contribution < -0.4 is 4.90 Å². The first-order valence-electron chi connectivity index (χ1n) is 39.0. The number of hydrogen-bond acceptors (Lipinski definition) is 1. The fourth-order valence-electron chi connectivity index (χ4n) is 10.9. The number of hydrogen-bond donors (Lipinski definition) is 0. The third-order valence-electron chi connectivity index (χ3n) is 14.1. The Morgan fingerprint density at radius 1 is 0.342 bits per heavy atom. The molecule has 0 saturated carbocycles. The van der Waals surface area contributed by atoms with E-state index in [1.54, 1.807) is 12.1 Å². The van der Waals surface area contributed by atoms with Gasteiger partial charge < -0.3 is 4.90 Å². The molecule has 342 valence electrons. The molecule has 0 saturated heterocycles. The fourth-order valence-corrected chi connectivity index (χ4v) is 10.9. The van der Waals surface area contributed by atoms with E-state index in [9.17, 15) is 26.0 Å². The highest BCUT2D eigenvalue weighted by Gasteiger charge is 2.51. The molecule has 0 heterocycles. The van der Waals surface area contributed by atoms with Crippen LogP contribution in [-0.2, 0) is 10.8 Å². The molecule has 0 amide bonds. The third-order valence-corrected chi connectivity index (χ3v) is 14.1. The van der Waals surface area contributed by atoms with Crippen LogP contribution in [-0.4, -0.2) is 0 Å². The lowest BCUT2D eigenvalue weighted by Gasteiger charge is -2.32. The van der Waals surface area contributed by atoms with Crippen LogP contribution in [0.2, 0.25) is 0 Å². The average Bonchev–Trinajstić information content (AvgIpc) is 1.49. The molecule has 15 rings (SSSR count). The van der Waals surface area contributed by atoms with Crippen molar-refractivity contribution in [3.8, 4) is 66.8 Å². The Labute approximate surface area is 471 Å². The predicted molar refractivity (Wildman–Crippen MR) is 306 cm³/mol. The van der Waals surface area contributed by atoms with Crippen molar-refractivity contribution in [2.24, 2.45) is 0 Å². The van der Waals surface area contributed by atoms with E-state index < -0.39 is 271 Å². The average molecular weight is 960 g/mol. The van der Waals surface area contributed by atoms with Crippen LogP contribution >= 0.6 is 0 Å². The largest absolute Gasteiger partial charge is 0.310 e. The van der Waals surface area contributed by atoms with E-state index in [2.05, 4.69) is 0 Å². The lowest BCUT2D eigenvalue weighted by molar-refractivity contribution is 0.660. The van der Waals surface area contributed by atoms with Crippen molar-refractivity contribution in [1.82, 2.24) is 0 Å². The van der Waals surface area contributed by atoms with Gasteiger partial charge in [-0.25, -0.2) is 0 Å². The van der Waals surface area contributed by atoms with Gasteiger partial charge in [-0.05, 0) is 170 Å². The molecule has 0 bridgehead atoms. The van der Waals surface area contributed by atoms with Crippen LogP contribution in [0.3, 0.4) is 0 Å². The second kappa shape index (κ2) is 15.7. The number of rotatable bonds is 6. The Bertz CT molecular complexity index is 5920. The monoisotopic (exact) mass is 960 g/mol. The zero-order chi connectivity index (χ0) is 76.0. The van der Waals surface area contributed by atoms with Crippen LogP contribution in [0.1, 0.15) is 90.9 Å². The van der Waals surface area contributed by atoms with E-state index in [0.29, 0.717) is 11.1 Å². The molecule has 1 nitrogen and oxygen atoms in total. The molecule has 1 spiro atoms. The number of benzene rings is 12. The molecule has 1 heteroatoms. The van der Waals surface area contributed by atoms with Gasteiger partial charge in [0.05, 0.1) is 41.1 Å². The molecule has 0 aromatic heterocycles. The van der Waals surface area contributed by atoms with Gasteiger partial charge in [-0.2, -0.15) is 0 Å². The second-order valence-corrected chi connectivity index (χ2v) is 17.9. The highest BCUT2D eigenvalue weighted by Crippen LogP contribution is 2.63. The lowest BCUT2D eigenvalue weighted by Crippen LogP contribution is -2.26. The van der Waals surface area contributed by atoms with Crippen LogP contribution in [0.15, 0.2) is 260 Å². The van der Waals surface area contributed by atoms with Gasteiger partial charge in [0.15, 0.2) is 0 Å². The Kier molecular flexibility index (Phi) is 4.52. The predicted octanol–water partition coefficient (Wildman–Crippen LogP) is 19.1. The van der Waals surface area contributed by atoms with Crippen LogP contribution in [0.5, 0.6) is 0 Å². The lowest BCUT2D eigenvalue weighted by atomic mass is 9.70. The fraction of sp³-hybridized carbons (Fsp3) is 0.0556. The number of anilines is 3. The summed E-state index contributed by atoms with van der Waals surface area (Å²) >= 11 is 0. The topological polar surface area (TPSA) is 3.24 Å². The van der Waals surface area contributed by atoms with Crippen LogP contribution in [0.25, 0.3) is 88.3 Å². The van der Waals surface area contributed by atoms with Gasteiger partial charge in [-0.1, -0.05) is 226 Å². The molecule has 0 unspecified atom stereocenters. The summed E-state index contributed by atoms with van der Waals surface area (Å²) < 4.78 is 304. The Morgan fingerprint density at radius 2 is 0.890 bits per heavy atom. The van der Waals surface area contributed by atoms with Gasteiger partial charge in [0.1, 0.15) is 0 Å². The first-order chi connectivity index (χ1) is 49.3. The minimum atomic E-state index is -3.93. The third kappa shape index (κ3) is 6.03. The molecule has 0 radical (unpaired) electrons. The second-order valence-electron chi connectivity index (χ2n) is 17.9. The molecule has 0 atom stereocenters. The molecule has 3 aliphatic carbocycles. The minimum absolute atomic E-state index is 0.293. The summed E-state index contributed by atoms with van der Waals surface area (Å²) in [4.78, 5) is 0.823. The first-order valence-corrected chi connectivity index (χ1v) is 23.0. The van der Waals surface area contributed by atoms with Gasteiger partial charge in [0.25, 0.3) is 0 Å². The van der Waals surface area contributed by atoms with E-state index >= 15 is 0 Å². The molecule has 12 aromatic rings. The molecule has 0 fully saturated rings. The molecule has 3 aliphatic rings. The van der Waals surface area contributed by atoms with Gasteiger partial charge in [-0.15, -0.1) is 0 Å². The molecule has 0 N–H and O–H groups in total. The minimum Gasteiger partial charge on any atom is -0.310 e. The Hall–Kier alpha value is -9.04. The van der Waals surface area contributed by atoms with Gasteiger partial charge in [-0.3, -0.25) is 0 Å². The molecular weight excluding hydrogens is 879 g/mol. The van der Waals surface area contributed by atoms with Crippen molar-refractivity contribution in [1.29, 1.82) is 0 Å². The smallest absolute Gasteiger partial charge is 0.0726 e.